The van der Waals surface area contributed by atoms with E-state index in [1.54, 1.807) is 17.0 Å². The van der Waals surface area contributed by atoms with Crippen molar-refractivity contribution < 1.29 is 14.6 Å². The van der Waals surface area contributed by atoms with Gasteiger partial charge in [0.1, 0.15) is 5.82 Å². The molecule has 1 aliphatic heterocycles. The van der Waals surface area contributed by atoms with E-state index in [4.69, 9.17) is 4.74 Å². The molecule has 0 bridgehead atoms. The average Bonchev–Trinajstić information content (AvgIpc) is 2.46. The number of anilines is 1. The van der Waals surface area contributed by atoms with Crippen molar-refractivity contribution in [1.82, 2.24) is 9.88 Å². The second-order valence-corrected chi connectivity index (χ2v) is 4.82. The maximum Gasteiger partial charge on any atom is 0.254 e. The number of ether oxygens (including phenoxy) is 1. The molecule has 2 N–H and O–H groups in total. The lowest BCUT2D eigenvalue weighted by Crippen LogP contribution is -2.50. The summed E-state index contributed by atoms with van der Waals surface area (Å²) in [4.78, 5) is 18.6. The first-order valence-electron chi connectivity index (χ1n) is 6.87. The van der Waals surface area contributed by atoms with E-state index in [9.17, 15) is 9.90 Å². The van der Waals surface area contributed by atoms with Crippen molar-refractivity contribution in [2.24, 2.45) is 0 Å². The number of morpholine rings is 1. The number of nitrogens with zero attached hydrogens (tertiary/aromatic N) is 2. The van der Waals surface area contributed by atoms with Crippen molar-refractivity contribution in [3.05, 3.63) is 23.4 Å². The lowest BCUT2D eigenvalue weighted by Gasteiger charge is -2.34. The molecule has 20 heavy (non-hydrogen) atoms. The number of aliphatic hydroxyl groups is 1. The van der Waals surface area contributed by atoms with Crippen LogP contribution in [-0.2, 0) is 4.74 Å². The first-order chi connectivity index (χ1) is 9.65. The zero-order valence-corrected chi connectivity index (χ0v) is 11.9. The maximum atomic E-state index is 12.6. The molecule has 0 saturated carbocycles. The second-order valence-electron chi connectivity index (χ2n) is 4.82. The van der Waals surface area contributed by atoms with Crippen LogP contribution in [0.2, 0.25) is 0 Å². The molecule has 1 saturated heterocycles. The van der Waals surface area contributed by atoms with E-state index >= 15 is 0 Å². The number of aromatic nitrogens is 1. The molecule has 1 unspecified atom stereocenters. The molecule has 1 amide bonds. The van der Waals surface area contributed by atoms with Crippen LogP contribution in [0.1, 0.15) is 23.0 Å². The molecule has 110 valence electrons. The minimum Gasteiger partial charge on any atom is -0.394 e. The molecule has 2 heterocycles. The molecule has 2 rings (SSSR count). The van der Waals surface area contributed by atoms with Crippen LogP contribution in [0.25, 0.3) is 0 Å². The molecule has 1 aromatic rings. The Labute approximate surface area is 118 Å². The number of nitrogens with one attached hydrogen (secondary N) is 1. The van der Waals surface area contributed by atoms with Gasteiger partial charge in [0, 0.05) is 24.3 Å². The van der Waals surface area contributed by atoms with Crippen molar-refractivity contribution >= 4 is 11.7 Å². The quantitative estimate of drug-likeness (QED) is 0.846. The third-order valence-corrected chi connectivity index (χ3v) is 3.26. The summed E-state index contributed by atoms with van der Waals surface area (Å²) in [6.07, 6.45) is 0. The average molecular weight is 279 g/mol. The van der Waals surface area contributed by atoms with Gasteiger partial charge in [-0.15, -0.1) is 0 Å². The van der Waals surface area contributed by atoms with Gasteiger partial charge in [0.25, 0.3) is 5.91 Å². The number of hydrogen-bond donors (Lipinski definition) is 2. The van der Waals surface area contributed by atoms with Crippen LogP contribution < -0.4 is 5.32 Å². The van der Waals surface area contributed by atoms with E-state index in [1.165, 1.54) is 0 Å². The highest BCUT2D eigenvalue weighted by Crippen LogP contribution is 2.16. The highest BCUT2D eigenvalue weighted by Gasteiger charge is 2.27. The third-order valence-electron chi connectivity index (χ3n) is 3.26. The monoisotopic (exact) mass is 279 g/mol. The first-order valence-corrected chi connectivity index (χ1v) is 6.87. The van der Waals surface area contributed by atoms with Crippen LogP contribution in [-0.4, -0.2) is 59.8 Å². The zero-order chi connectivity index (χ0) is 14.5. The van der Waals surface area contributed by atoms with E-state index in [0.29, 0.717) is 31.1 Å². The molecule has 1 atom stereocenters. The number of carbonyl (C=O) groups is 1. The molecule has 6 heteroatoms. The van der Waals surface area contributed by atoms with Gasteiger partial charge < -0.3 is 20.1 Å². The van der Waals surface area contributed by atoms with Gasteiger partial charge in [-0.25, -0.2) is 4.98 Å². The van der Waals surface area contributed by atoms with E-state index in [0.717, 1.165) is 12.2 Å². The molecule has 1 aromatic heterocycles. The molecule has 0 radical (unpaired) electrons. The summed E-state index contributed by atoms with van der Waals surface area (Å²) < 4.78 is 5.30. The smallest absolute Gasteiger partial charge is 0.254 e. The SMILES string of the molecule is CCNc1cc(C(=O)N2CCOCC2CO)cc(C)n1. The van der Waals surface area contributed by atoms with Crippen LogP contribution in [0.5, 0.6) is 0 Å². The lowest BCUT2D eigenvalue weighted by atomic mass is 10.1. The summed E-state index contributed by atoms with van der Waals surface area (Å²) in [5.41, 5.74) is 1.38. The van der Waals surface area contributed by atoms with Gasteiger partial charge in [0.15, 0.2) is 0 Å². The molecule has 1 fully saturated rings. The number of carbonyl (C=O) groups excluding carboxylic acids is 1. The van der Waals surface area contributed by atoms with Crippen LogP contribution in [0.15, 0.2) is 12.1 Å². The standard InChI is InChI=1S/C14H21N3O3/c1-3-15-13-7-11(6-10(2)16-13)14(19)17-4-5-20-9-12(17)8-18/h6-7,12,18H,3-5,8-9H2,1-2H3,(H,15,16). The van der Waals surface area contributed by atoms with E-state index in [2.05, 4.69) is 10.3 Å². The maximum absolute atomic E-state index is 12.6. The Morgan fingerprint density at radius 3 is 3.10 bits per heavy atom. The Bertz CT molecular complexity index is 479. The fourth-order valence-electron chi connectivity index (χ4n) is 2.30. The minimum atomic E-state index is -0.271. The van der Waals surface area contributed by atoms with E-state index in [-0.39, 0.29) is 18.6 Å². The number of amides is 1. The van der Waals surface area contributed by atoms with Crippen LogP contribution in [0.4, 0.5) is 5.82 Å². The highest BCUT2D eigenvalue weighted by atomic mass is 16.5. The second kappa shape index (κ2) is 6.67. The van der Waals surface area contributed by atoms with Gasteiger partial charge in [-0.3, -0.25) is 4.79 Å². The molecule has 0 aliphatic carbocycles. The molecule has 0 spiro atoms. The number of pyridine rings is 1. The van der Waals surface area contributed by atoms with Crippen LogP contribution in [0.3, 0.4) is 0 Å². The normalized spacial score (nSPS) is 18.9. The van der Waals surface area contributed by atoms with Gasteiger partial charge in [0.2, 0.25) is 0 Å². The Balaban J connectivity index is 2.23. The fourth-order valence-corrected chi connectivity index (χ4v) is 2.30. The van der Waals surface area contributed by atoms with Crippen molar-refractivity contribution in [1.29, 1.82) is 0 Å². The lowest BCUT2D eigenvalue weighted by molar-refractivity contribution is -0.0184. The minimum absolute atomic E-state index is 0.0861. The van der Waals surface area contributed by atoms with E-state index < -0.39 is 0 Å². The predicted octanol–water partition coefficient (Wildman–Crippen LogP) is 0.655. The predicted molar refractivity (Wildman–Crippen MR) is 75.9 cm³/mol. The van der Waals surface area contributed by atoms with Crippen molar-refractivity contribution in [3.63, 3.8) is 0 Å². The Morgan fingerprint density at radius 2 is 2.40 bits per heavy atom. The van der Waals surface area contributed by atoms with Gasteiger partial charge in [0.05, 0.1) is 25.9 Å². The zero-order valence-electron chi connectivity index (χ0n) is 11.9. The van der Waals surface area contributed by atoms with Gasteiger partial charge >= 0.3 is 0 Å². The number of aliphatic hydroxyl groups excluding tert-OH is 1. The van der Waals surface area contributed by atoms with Crippen molar-refractivity contribution in [3.8, 4) is 0 Å². The molecule has 0 aromatic carbocycles. The topological polar surface area (TPSA) is 74.7 Å². The summed E-state index contributed by atoms with van der Waals surface area (Å²) in [7, 11) is 0. The molecular formula is C14H21N3O3. The summed E-state index contributed by atoms with van der Waals surface area (Å²) >= 11 is 0. The first kappa shape index (κ1) is 14.7. The molecule has 6 nitrogen and oxygen atoms in total. The Hall–Kier alpha value is -1.66. The van der Waals surface area contributed by atoms with Crippen molar-refractivity contribution in [2.45, 2.75) is 19.9 Å². The molecular weight excluding hydrogens is 258 g/mol. The summed E-state index contributed by atoms with van der Waals surface area (Å²) in [5.74, 6) is 0.613. The number of aryl methyl sites for hydroxylation is 1. The van der Waals surface area contributed by atoms with Gasteiger partial charge in [-0.1, -0.05) is 0 Å². The Kier molecular flexibility index (Phi) is 4.92. The summed E-state index contributed by atoms with van der Waals surface area (Å²) in [6.45, 7) is 5.90. The highest BCUT2D eigenvalue weighted by molar-refractivity contribution is 5.95. The van der Waals surface area contributed by atoms with E-state index in [1.807, 2.05) is 13.8 Å². The molecule has 1 aliphatic rings. The largest absolute Gasteiger partial charge is 0.394 e. The third kappa shape index (κ3) is 3.26. The van der Waals surface area contributed by atoms with Gasteiger partial charge in [-0.05, 0) is 26.0 Å². The summed E-state index contributed by atoms with van der Waals surface area (Å²) in [6, 6.07) is 3.25. The van der Waals surface area contributed by atoms with Crippen LogP contribution in [0, 0.1) is 6.92 Å². The van der Waals surface area contributed by atoms with Gasteiger partial charge in [-0.2, -0.15) is 0 Å². The Morgan fingerprint density at radius 1 is 1.60 bits per heavy atom. The van der Waals surface area contributed by atoms with Crippen LogP contribution >= 0.6 is 0 Å². The number of rotatable bonds is 4. The van der Waals surface area contributed by atoms with Crippen molar-refractivity contribution in [2.75, 3.05) is 38.2 Å². The number of hydrogen-bond acceptors (Lipinski definition) is 5. The fraction of sp³-hybridized carbons (Fsp3) is 0.571. The summed E-state index contributed by atoms with van der Waals surface area (Å²) in [5, 5.41) is 12.5.